The molecule has 0 bridgehead atoms. The van der Waals surface area contributed by atoms with Gasteiger partial charge in [0.25, 0.3) is 5.91 Å². The van der Waals surface area contributed by atoms with Gasteiger partial charge in [-0.05, 0) is 37.3 Å². The summed E-state index contributed by atoms with van der Waals surface area (Å²) in [5, 5.41) is 3.40. The van der Waals surface area contributed by atoms with Crippen LogP contribution >= 0.6 is 0 Å². The first kappa shape index (κ1) is 17.8. The highest BCUT2D eigenvalue weighted by molar-refractivity contribution is 6.00. The van der Waals surface area contributed by atoms with Crippen LogP contribution < -0.4 is 20.4 Å². The Labute approximate surface area is 161 Å². The first-order chi connectivity index (χ1) is 13.4. The molecular weight excluding hydrogens is 358 g/mol. The third-order valence-corrected chi connectivity index (χ3v) is 4.78. The normalized spacial score (nSPS) is 15.9. The lowest BCUT2D eigenvalue weighted by molar-refractivity contribution is -0.125. The standard InChI is InChI=1S/C21H19N3O4/c1-13-21(27)23(2)17-11-14(7-8-19(17)28-13)22-20(26)12-24-10-9-18(25)15-5-3-4-6-16(15)24/h3-11,13H,12H2,1-2H3,(H,22,26). The fourth-order valence-electron chi connectivity index (χ4n) is 3.34. The molecule has 0 saturated carbocycles. The van der Waals surface area contributed by atoms with Crippen LogP contribution in [0.2, 0.25) is 0 Å². The van der Waals surface area contributed by atoms with Gasteiger partial charge in [-0.1, -0.05) is 12.1 Å². The molecule has 1 aliphatic heterocycles. The van der Waals surface area contributed by atoms with E-state index in [-0.39, 0.29) is 23.8 Å². The monoisotopic (exact) mass is 377 g/mol. The first-order valence-electron chi connectivity index (χ1n) is 8.90. The van der Waals surface area contributed by atoms with E-state index in [0.717, 1.165) is 0 Å². The van der Waals surface area contributed by atoms with Gasteiger partial charge < -0.3 is 19.5 Å². The predicted molar refractivity (Wildman–Crippen MR) is 107 cm³/mol. The lowest BCUT2D eigenvalue weighted by atomic mass is 10.2. The second kappa shape index (κ2) is 6.84. The van der Waals surface area contributed by atoms with Gasteiger partial charge in [-0.15, -0.1) is 0 Å². The molecule has 1 atom stereocenters. The molecule has 2 aromatic carbocycles. The molecule has 1 aliphatic rings. The van der Waals surface area contributed by atoms with Crippen molar-refractivity contribution in [2.45, 2.75) is 19.6 Å². The Morgan fingerprint density at radius 3 is 2.75 bits per heavy atom. The highest BCUT2D eigenvalue weighted by Crippen LogP contribution is 2.35. The third-order valence-electron chi connectivity index (χ3n) is 4.78. The van der Waals surface area contributed by atoms with Gasteiger partial charge in [0.05, 0.1) is 11.2 Å². The number of likely N-dealkylation sites (N-methyl/N-ethyl adjacent to an activating group) is 1. The zero-order valence-electron chi connectivity index (χ0n) is 15.5. The molecule has 2 heterocycles. The van der Waals surface area contributed by atoms with Gasteiger partial charge in [0.1, 0.15) is 12.3 Å². The van der Waals surface area contributed by atoms with Crippen LogP contribution in [0.25, 0.3) is 10.9 Å². The van der Waals surface area contributed by atoms with E-state index in [2.05, 4.69) is 5.32 Å². The lowest BCUT2D eigenvalue weighted by Gasteiger charge is -2.30. The van der Waals surface area contributed by atoms with Crippen molar-refractivity contribution < 1.29 is 14.3 Å². The smallest absolute Gasteiger partial charge is 0.267 e. The van der Waals surface area contributed by atoms with Gasteiger partial charge in [-0.25, -0.2) is 0 Å². The molecule has 0 spiro atoms. The van der Waals surface area contributed by atoms with Gasteiger partial charge in [0, 0.05) is 30.4 Å². The minimum atomic E-state index is -0.536. The minimum Gasteiger partial charge on any atom is -0.479 e. The Hall–Kier alpha value is -3.61. The van der Waals surface area contributed by atoms with Crippen LogP contribution in [-0.4, -0.2) is 29.5 Å². The van der Waals surface area contributed by atoms with Crippen molar-refractivity contribution in [1.29, 1.82) is 0 Å². The second-order valence-electron chi connectivity index (χ2n) is 6.71. The van der Waals surface area contributed by atoms with E-state index in [0.29, 0.717) is 28.0 Å². The predicted octanol–water partition coefficient (Wildman–Crippen LogP) is 2.38. The van der Waals surface area contributed by atoms with Crippen LogP contribution in [0.15, 0.2) is 59.5 Å². The summed E-state index contributed by atoms with van der Waals surface area (Å²) in [5.74, 6) is 0.211. The SMILES string of the molecule is CC1Oc2ccc(NC(=O)Cn3ccc(=O)c4ccccc43)cc2N(C)C1=O. The van der Waals surface area contributed by atoms with Gasteiger partial charge in [-0.2, -0.15) is 0 Å². The highest BCUT2D eigenvalue weighted by Gasteiger charge is 2.29. The number of pyridine rings is 1. The molecule has 7 nitrogen and oxygen atoms in total. The Bertz CT molecular complexity index is 1150. The van der Waals surface area contributed by atoms with E-state index >= 15 is 0 Å². The first-order valence-corrected chi connectivity index (χ1v) is 8.90. The molecule has 1 unspecified atom stereocenters. The van der Waals surface area contributed by atoms with E-state index in [1.54, 1.807) is 55.1 Å². The number of amides is 2. The molecule has 2 amide bonds. The quantitative estimate of drug-likeness (QED) is 0.760. The van der Waals surface area contributed by atoms with Gasteiger partial charge in [0.15, 0.2) is 11.5 Å². The summed E-state index contributed by atoms with van der Waals surface area (Å²) >= 11 is 0. The summed E-state index contributed by atoms with van der Waals surface area (Å²) in [7, 11) is 1.68. The number of anilines is 2. The molecule has 0 saturated heterocycles. The van der Waals surface area contributed by atoms with Crippen LogP contribution in [-0.2, 0) is 16.1 Å². The van der Waals surface area contributed by atoms with Crippen molar-refractivity contribution in [2.75, 3.05) is 17.3 Å². The number of fused-ring (bicyclic) bond motifs is 2. The maximum Gasteiger partial charge on any atom is 0.267 e. The Balaban J connectivity index is 1.56. The number of rotatable bonds is 3. The summed E-state index contributed by atoms with van der Waals surface area (Å²) in [5.41, 5.74) is 1.79. The average molecular weight is 377 g/mol. The molecule has 3 aromatic rings. The molecule has 0 aliphatic carbocycles. The Morgan fingerprint density at radius 1 is 1.14 bits per heavy atom. The molecule has 142 valence electrons. The Morgan fingerprint density at radius 2 is 1.93 bits per heavy atom. The van der Waals surface area contributed by atoms with Gasteiger partial charge in [0.2, 0.25) is 5.91 Å². The highest BCUT2D eigenvalue weighted by atomic mass is 16.5. The van der Waals surface area contributed by atoms with Crippen LogP contribution in [0.5, 0.6) is 5.75 Å². The van der Waals surface area contributed by atoms with E-state index in [1.165, 1.54) is 11.0 Å². The molecule has 0 radical (unpaired) electrons. The zero-order chi connectivity index (χ0) is 19.8. The molecule has 1 aromatic heterocycles. The van der Waals surface area contributed by atoms with Crippen molar-refractivity contribution in [3.05, 3.63) is 65.0 Å². The van der Waals surface area contributed by atoms with Crippen LogP contribution in [0.3, 0.4) is 0 Å². The molecular formula is C21H19N3O4. The number of carbonyl (C=O) groups excluding carboxylic acids is 2. The van der Waals surface area contributed by atoms with Crippen molar-refractivity contribution >= 4 is 34.1 Å². The van der Waals surface area contributed by atoms with Gasteiger partial charge >= 0.3 is 0 Å². The number of carbonyl (C=O) groups is 2. The van der Waals surface area contributed by atoms with Crippen LogP contribution in [0.4, 0.5) is 11.4 Å². The third kappa shape index (κ3) is 3.11. The summed E-state index contributed by atoms with van der Waals surface area (Å²) in [6.45, 7) is 1.76. The minimum absolute atomic E-state index is 0.0557. The summed E-state index contributed by atoms with van der Waals surface area (Å²) in [4.78, 5) is 38.1. The molecule has 4 rings (SSSR count). The number of hydrogen-bond donors (Lipinski definition) is 1. The molecule has 7 heteroatoms. The van der Waals surface area contributed by atoms with E-state index in [1.807, 2.05) is 12.1 Å². The fraction of sp³-hybridized carbons (Fsp3) is 0.190. The van der Waals surface area contributed by atoms with Crippen molar-refractivity contribution in [1.82, 2.24) is 4.57 Å². The zero-order valence-corrected chi connectivity index (χ0v) is 15.5. The number of hydrogen-bond acceptors (Lipinski definition) is 4. The number of nitrogens with zero attached hydrogens (tertiary/aromatic N) is 2. The summed E-state index contributed by atoms with van der Waals surface area (Å²) in [6.07, 6.45) is 1.07. The second-order valence-corrected chi connectivity index (χ2v) is 6.71. The van der Waals surface area contributed by atoms with Crippen molar-refractivity contribution in [3.63, 3.8) is 0 Å². The van der Waals surface area contributed by atoms with Gasteiger partial charge in [-0.3, -0.25) is 14.4 Å². The van der Waals surface area contributed by atoms with E-state index < -0.39 is 6.10 Å². The largest absolute Gasteiger partial charge is 0.479 e. The maximum absolute atomic E-state index is 12.6. The molecule has 0 fully saturated rings. The van der Waals surface area contributed by atoms with Crippen LogP contribution in [0, 0.1) is 0 Å². The van der Waals surface area contributed by atoms with E-state index in [9.17, 15) is 14.4 Å². The number of nitrogens with one attached hydrogen (secondary N) is 1. The molecule has 1 N–H and O–H groups in total. The fourth-order valence-corrected chi connectivity index (χ4v) is 3.34. The topological polar surface area (TPSA) is 80.6 Å². The van der Waals surface area contributed by atoms with E-state index in [4.69, 9.17) is 4.74 Å². The number of benzene rings is 2. The number of para-hydroxylation sites is 1. The van der Waals surface area contributed by atoms with Crippen molar-refractivity contribution in [2.24, 2.45) is 0 Å². The molecule has 28 heavy (non-hydrogen) atoms. The number of ether oxygens (including phenoxy) is 1. The maximum atomic E-state index is 12.6. The average Bonchev–Trinajstić information content (AvgIpc) is 2.69. The summed E-state index contributed by atoms with van der Waals surface area (Å²) in [6, 6.07) is 13.8. The Kier molecular flexibility index (Phi) is 4.35. The summed E-state index contributed by atoms with van der Waals surface area (Å²) < 4.78 is 7.32. The number of aromatic nitrogens is 1. The lowest BCUT2D eigenvalue weighted by Crippen LogP contribution is -2.42. The van der Waals surface area contributed by atoms with Crippen molar-refractivity contribution in [3.8, 4) is 5.75 Å². The van der Waals surface area contributed by atoms with Crippen LogP contribution in [0.1, 0.15) is 6.92 Å².